The van der Waals surface area contributed by atoms with Gasteiger partial charge < -0.3 is 9.75 Å². The summed E-state index contributed by atoms with van der Waals surface area (Å²) in [4.78, 5) is 0. The lowest BCUT2D eigenvalue weighted by atomic mass is 10.0. The maximum Gasteiger partial charge on any atom is 0.120 e. The van der Waals surface area contributed by atoms with E-state index in [2.05, 4.69) is 6.07 Å². The summed E-state index contributed by atoms with van der Waals surface area (Å²) >= 11 is 0. The number of aryl methyl sites for hydroxylation is 1. The molecule has 0 fully saturated rings. The Bertz CT molecular complexity index is 312. The number of ether oxygens (including phenoxy) is 1. The molecule has 1 aliphatic heterocycles. The molecule has 1 aromatic carbocycles. The largest absolute Gasteiger partial charge is 0.497 e. The van der Waals surface area contributed by atoms with Crippen LogP contribution >= 0.6 is 0 Å². The highest BCUT2D eigenvalue weighted by Crippen LogP contribution is 2.28. The Kier molecular flexibility index (Phi) is 2.10. The van der Waals surface area contributed by atoms with E-state index in [0.29, 0.717) is 0 Å². The van der Waals surface area contributed by atoms with Gasteiger partial charge in [0.15, 0.2) is 0 Å². The summed E-state index contributed by atoms with van der Waals surface area (Å²) < 4.78 is 5.15. The van der Waals surface area contributed by atoms with Crippen molar-refractivity contribution in [2.75, 3.05) is 18.7 Å². The first-order valence-electron chi connectivity index (χ1n) is 4.50. The monoisotopic (exact) mass is 178 g/mol. The fourth-order valence-electron chi connectivity index (χ4n) is 1.71. The Morgan fingerprint density at radius 1 is 1.46 bits per heavy atom. The van der Waals surface area contributed by atoms with E-state index in [-0.39, 0.29) is 0 Å². The standard InChI is InChI=1S/C10H14N2O/c1-13-9-5-4-8-3-2-6-12(11)10(8)7-9/h4-5,7H,2-3,6,11H2,1H3. The maximum atomic E-state index is 5.85. The SMILES string of the molecule is COc1ccc2c(c1)N(N)CCC2. The molecule has 0 saturated carbocycles. The van der Waals surface area contributed by atoms with Crippen molar-refractivity contribution in [3.63, 3.8) is 0 Å². The Morgan fingerprint density at radius 2 is 2.31 bits per heavy atom. The average molecular weight is 178 g/mol. The molecule has 2 rings (SSSR count). The molecule has 0 aromatic heterocycles. The molecule has 70 valence electrons. The summed E-state index contributed by atoms with van der Waals surface area (Å²) in [6, 6.07) is 6.07. The van der Waals surface area contributed by atoms with Crippen molar-refractivity contribution >= 4 is 5.69 Å². The number of nitrogens with zero attached hydrogens (tertiary/aromatic N) is 1. The minimum atomic E-state index is 0.871. The normalized spacial score (nSPS) is 15.4. The number of benzene rings is 1. The van der Waals surface area contributed by atoms with Gasteiger partial charge in [-0.2, -0.15) is 0 Å². The van der Waals surface area contributed by atoms with Crippen molar-refractivity contribution in [1.82, 2.24) is 0 Å². The molecular formula is C10H14N2O. The van der Waals surface area contributed by atoms with Gasteiger partial charge in [0.05, 0.1) is 12.8 Å². The van der Waals surface area contributed by atoms with E-state index in [1.54, 1.807) is 12.1 Å². The summed E-state index contributed by atoms with van der Waals surface area (Å²) in [5, 5.41) is 1.79. The van der Waals surface area contributed by atoms with Crippen LogP contribution in [0.1, 0.15) is 12.0 Å². The van der Waals surface area contributed by atoms with Gasteiger partial charge in [0.2, 0.25) is 0 Å². The Morgan fingerprint density at radius 3 is 3.08 bits per heavy atom. The minimum Gasteiger partial charge on any atom is -0.497 e. The van der Waals surface area contributed by atoms with Crippen molar-refractivity contribution in [2.45, 2.75) is 12.8 Å². The highest BCUT2D eigenvalue weighted by atomic mass is 16.5. The third-order valence-corrected chi connectivity index (χ3v) is 2.45. The zero-order valence-electron chi connectivity index (χ0n) is 7.79. The third kappa shape index (κ3) is 1.47. The molecule has 0 bridgehead atoms. The number of fused-ring (bicyclic) bond motifs is 1. The van der Waals surface area contributed by atoms with E-state index >= 15 is 0 Å². The van der Waals surface area contributed by atoms with Gasteiger partial charge in [-0.1, -0.05) is 6.07 Å². The van der Waals surface area contributed by atoms with Crippen LogP contribution in [0.4, 0.5) is 5.69 Å². The van der Waals surface area contributed by atoms with Crippen LogP contribution in [0.3, 0.4) is 0 Å². The topological polar surface area (TPSA) is 38.5 Å². The molecule has 0 aliphatic carbocycles. The van der Waals surface area contributed by atoms with Gasteiger partial charge in [0.25, 0.3) is 0 Å². The van der Waals surface area contributed by atoms with Gasteiger partial charge >= 0.3 is 0 Å². The van der Waals surface area contributed by atoms with Gasteiger partial charge in [0, 0.05) is 12.6 Å². The lowest BCUT2D eigenvalue weighted by molar-refractivity contribution is 0.414. The van der Waals surface area contributed by atoms with Gasteiger partial charge in [0.1, 0.15) is 5.75 Å². The first kappa shape index (κ1) is 8.38. The Balaban J connectivity index is 2.41. The van der Waals surface area contributed by atoms with E-state index < -0.39 is 0 Å². The van der Waals surface area contributed by atoms with Crippen LogP contribution in [0, 0.1) is 0 Å². The van der Waals surface area contributed by atoms with Crippen LogP contribution in [0.5, 0.6) is 5.75 Å². The van der Waals surface area contributed by atoms with Crippen molar-refractivity contribution < 1.29 is 4.74 Å². The van der Waals surface area contributed by atoms with E-state index in [0.717, 1.165) is 30.8 Å². The van der Waals surface area contributed by atoms with Crippen molar-refractivity contribution in [3.05, 3.63) is 23.8 Å². The van der Waals surface area contributed by atoms with E-state index in [4.69, 9.17) is 10.6 Å². The average Bonchev–Trinajstić information content (AvgIpc) is 2.18. The molecule has 13 heavy (non-hydrogen) atoms. The van der Waals surface area contributed by atoms with Crippen LogP contribution in [-0.4, -0.2) is 13.7 Å². The predicted octanol–water partition coefficient (Wildman–Crippen LogP) is 1.32. The van der Waals surface area contributed by atoms with Crippen LogP contribution in [0.25, 0.3) is 0 Å². The Hall–Kier alpha value is -1.22. The van der Waals surface area contributed by atoms with E-state index in [9.17, 15) is 0 Å². The van der Waals surface area contributed by atoms with E-state index in [1.807, 2.05) is 12.1 Å². The van der Waals surface area contributed by atoms with E-state index in [1.165, 1.54) is 5.56 Å². The van der Waals surface area contributed by atoms with Crippen molar-refractivity contribution in [1.29, 1.82) is 0 Å². The van der Waals surface area contributed by atoms with Crippen LogP contribution in [0.2, 0.25) is 0 Å². The van der Waals surface area contributed by atoms with Crippen molar-refractivity contribution in [2.24, 2.45) is 5.84 Å². The molecule has 0 unspecified atom stereocenters. The highest BCUT2D eigenvalue weighted by molar-refractivity contribution is 5.57. The molecule has 1 heterocycles. The first-order valence-corrected chi connectivity index (χ1v) is 4.50. The molecule has 0 radical (unpaired) electrons. The number of hydrogen-bond acceptors (Lipinski definition) is 3. The third-order valence-electron chi connectivity index (χ3n) is 2.45. The predicted molar refractivity (Wildman–Crippen MR) is 52.8 cm³/mol. The number of rotatable bonds is 1. The maximum absolute atomic E-state index is 5.85. The van der Waals surface area contributed by atoms with Gasteiger partial charge in [-0.3, -0.25) is 0 Å². The molecule has 0 spiro atoms. The minimum absolute atomic E-state index is 0.871. The molecule has 0 atom stereocenters. The highest BCUT2D eigenvalue weighted by Gasteiger charge is 2.14. The first-order chi connectivity index (χ1) is 6.31. The number of anilines is 1. The number of hydrazine groups is 1. The summed E-state index contributed by atoms with van der Waals surface area (Å²) in [6.07, 6.45) is 2.25. The molecular weight excluding hydrogens is 164 g/mol. The second-order valence-corrected chi connectivity index (χ2v) is 3.29. The molecule has 2 N–H and O–H groups in total. The lowest BCUT2D eigenvalue weighted by Crippen LogP contribution is -2.35. The van der Waals surface area contributed by atoms with Crippen molar-refractivity contribution in [3.8, 4) is 5.75 Å². The number of hydrogen-bond donors (Lipinski definition) is 1. The number of nitrogens with two attached hydrogens (primary N) is 1. The van der Waals surface area contributed by atoms with Crippen LogP contribution in [0.15, 0.2) is 18.2 Å². The lowest BCUT2D eigenvalue weighted by Gasteiger charge is -2.26. The second kappa shape index (κ2) is 3.26. The smallest absolute Gasteiger partial charge is 0.120 e. The van der Waals surface area contributed by atoms with Crippen LogP contribution < -0.4 is 15.6 Å². The fourth-order valence-corrected chi connectivity index (χ4v) is 1.71. The quantitative estimate of drug-likeness (QED) is 0.659. The summed E-state index contributed by atoms with van der Waals surface area (Å²) in [7, 11) is 1.67. The molecule has 1 aromatic rings. The van der Waals surface area contributed by atoms with Gasteiger partial charge in [-0.15, -0.1) is 0 Å². The zero-order valence-corrected chi connectivity index (χ0v) is 7.79. The molecule has 0 amide bonds. The molecule has 0 saturated heterocycles. The molecule has 3 heteroatoms. The fraction of sp³-hybridized carbons (Fsp3) is 0.400. The summed E-state index contributed by atoms with van der Waals surface area (Å²) in [6.45, 7) is 0.931. The Labute approximate surface area is 78.1 Å². The number of methoxy groups -OCH3 is 1. The summed E-state index contributed by atoms with van der Waals surface area (Å²) in [5.74, 6) is 6.72. The van der Waals surface area contributed by atoms with Gasteiger partial charge in [-0.25, -0.2) is 5.84 Å². The van der Waals surface area contributed by atoms with Crippen LogP contribution in [-0.2, 0) is 6.42 Å². The molecule has 1 aliphatic rings. The summed E-state index contributed by atoms with van der Waals surface area (Å²) in [5.41, 5.74) is 2.42. The zero-order chi connectivity index (χ0) is 9.26. The molecule has 3 nitrogen and oxygen atoms in total. The van der Waals surface area contributed by atoms with Gasteiger partial charge in [-0.05, 0) is 24.5 Å². The second-order valence-electron chi connectivity index (χ2n) is 3.29.